The van der Waals surface area contributed by atoms with E-state index in [9.17, 15) is 0 Å². The van der Waals surface area contributed by atoms with Crippen LogP contribution in [0.4, 0.5) is 0 Å². The summed E-state index contributed by atoms with van der Waals surface area (Å²) in [6, 6.07) is 5.49. The van der Waals surface area contributed by atoms with Crippen molar-refractivity contribution in [2.24, 2.45) is 0 Å². The minimum atomic E-state index is 0.607. The fraction of sp³-hybridized carbons (Fsp3) is 0.182. The minimum Gasteiger partial charge on any atom is -0.493 e. The molecule has 0 saturated heterocycles. The molecule has 2 heteroatoms. The number of benzene rings is 1. The molecular weight excluding hydrogens is 164 g/mol. The maximum absolute atomic E-state index is 8.91. The van der Waals surface area contributed by atoms with Crippen molar-refractivity contribution in [1.29, 1.82) is 0 Å². The zero-order chi connectivity index (χ0) is 9.68. The molecule has 1 N–H and O–H groups in total. The molecule has 0 heterocycles. The molecule has 0 aromatic heterocycles. The number of rotatable bonds is 4. The first kappa shape index (κ1) is 9.81. The van der Waals surface area contributed by atoms with Gasteiger partial charge in [0.25, 0.3) is 0 Å². The van der Waals surface area contributed by atoms with Gasteiger partial charge in [-0.15, -0.1) is 0 Å². The van der Waals surface area contributed by atoms with E-state index >= 15 is 0 Å². The molecule has 1 aromatic carbocycles. The van der Waals surface area contributed by atoms with E-state index in [1.165, 1.54) is 0 Å². The van der Waals surface area contributed by atoms with Gasteiger partial charge in [0, 0.05) is 5.56 Å². The van der Waals surface area contributed by atoms with Crippen LogP contribution >= 0.6 is 0 Å². The summed E-state index contributed by atoms with van der Waals surface area (Å²) in [6.07, 6.45) is 1.67. The van der Waals surface area contributed by atoms with E-state index in [4.69, 9.17) is 9.84 Å². The number of aliphatic hydroxyl groups is 1. The van der Waals surface area contributed by atoms with Crippen LogP contribution in [0, 0.1) is 6.61 Å². The van der Waals surface area contributed by atoms with Crippen LogP contribution in [0.15, 0.2) is 24.8 Å². The summed E-state index contributed by atoms with van der Waals surface area (Å²) in [7, 11) is 0. The van der Waals surface area contributed by atoms with Crippen LogP contribution in [0.3, 0.4) is 0 Å². The highest BCUT2D eigenvalue weighted by Gasteiger charge is 2.04. The minimum absolute atomic E-state index is 0.607. The molecule has 1 rings (SSSR count). The fourth-order valence-corrected chi connectivity index (χ4v) is 1.17. The molecule has 1 aromatic rings. The van der Waals surface area contributed by atoms with Gasteiger partial charge in [0.1, 0.15) is 12.4 Å². The van der Waals surface area contributed by atoms with Crippen molar-refractivity contribution in [3.63, 3.8) is 0 Å². The van der Waals surface area contributed by atoms with Crippen molar-refractivity contribution in [2.75, 3.05) is 6.61 Å². The molecule has 0 aliphatic rings. The average molecular weight is 177 g/mol. The molecule has 69 valence electrons. The summed E-state index contributed by atoms with van der Waals surface area (Å²) in [5, 5.41) is 8.91. The molecule has 0 atom stereocenters. The molecule has 0 bridgehead atoms. The summed E-state index contributed by atoms with van der Waals surface area (Å²) in [5.41, 5.74) is 1.55. The fourth-order valence-electron chi connectivity index (χ4n) is 1.17. The number of hydrogen-bond acceptors (Lipinski definition) is 2. The van der Waals surface area contributed by atoms with Crippen LogP contribution in [0.1, 0.15) is 18.1 Å². The van der Waals surface area contributed by atoms with Crippen molar-refractivity contribution in [3.05, 3.63) is 42.5 Å². The third-order valence-electron chi connectivity index (χ3n) is 1.74. The number of ether oxygens (including phenoxy) is 1. The Morgan fingerprint density at radius 3 is 2.85 bits per heavy atom. The molecule has 0 unspecified atom stereocenters. The lowest BCUT2D eigenvalue weighted by atomic mass is 10.1. The lowest BCUT2D eigenvalue weighted by Crippen LogP contribution is -1.96. The maximum atomic E-state index is 8.91. The van der Waals surface area contributed by atoms with Crippen LogP contribution in [-0.4, -0.2) is 11.7 Å². The summed E-state index contributed by atoms with van der Waals surface area (Å²) >= 11 is 0. The number of hydrogen-bond donors (Lipinski definition) is 1. The first-order valence-corrected chi connectivity index (χ1v) is 4.19. The molecule has 1 radical (unpaired) electrons. The lowest BCUT2D eigenvalue weighted by Gasteiger charge is -2.09. The highest BCUT2D eigenvalue weighted by molar-refractivity contribution is 5.61. The average Bonchev–Trinajstić information content (AvgIpc) is 2.18. The van der Waals surface area contributed by atoms with Crippen molar-refractivity contribution in [1.82, 2.24) is 0 Å². The number of aliphatic hydroxyl groups excluding tert-OH is 1. The van der Waals surface area contributed by atoms with Gasteiger partial charge in [-0.05, 0) is 18.6 Å². The SMILES string of the molecule is C=Cc1c([CH]O)cccc1OCC. The van der Waals surface area contributed by atoms with E-state index in [1.807, 2.05) is 19.1 Å². The topological polar surface area (TPSA) is 29.5 Å². The largest absolute Gasteiger partial charge is 0.493 e. The Bertz CT molecular complexity index is 292. The van der Waals surface area contributed by atoms with Gasteiger partial charge < -0.3 is 9.84 Å². The van der Waals surface area contributed by atoms with Crippen molar-refractivity contribution < 1.29 is 9.84 Å². The first-order valence-electron chi connectivity index (χ1n) is 4.19. The summed E-state index contributed by atoms with van der Waals surface area (Å²) in [5.74, 6) is 0.750. The lowest BCUT2D eigenvalue weighted by molar-refractivity contribution is 0.338. The van der Waals surface area contributed by atoms with Crippen LogP contribution in [-0.2, 0) is 0 Å². The normalized spacial score (nSPS) is 9.69. The molecule has 0 spiro atoms. The maximum Gasteiger partial charge on any atom is 0.126 e. The Labute approximate surface area is 78.5 Å². The van der Waals surface area contributed by atoms with Crippen LogP contribution in [0.25, 0.3) is 6.08 Å². The van der Waals surface area contributed by atoms with Gasteiger partial charge in [-0.25, -0.2) is 0 Å². The molecule has 13 heavy (non-hydrogen) atoms. The Hall–Kier alpha value is -1.28. The third-order valence-corrected chi connectivity index (χ3v) is 1.74. The molecule has 0 fully saturated rings. The van der Waals surface area contributed by atoms with E-state index in [0.29, 0.717) is 6.61 Å². The van der Waals surface area contributed by atoms with E-state index in [0.717, 1.165) is 23.5 Å². The Morgan fingerprint density at radius 1 is 1.54 bits per heavy atom. The standard InChI is InChI=1S/C11H13O2/c1-3-10-9(8-12)6-5-7-11(10)13-4-2/h3,5-8,12H,1,4H2,2H3. The Balaban J connectivity index is 3.10. The van der Waals surface area contributed by atoms with Crippen molar-refractivity contribution >= 4 is 6.08 Å². The molecule has 0 saturated carbocycles. The smallest absolute Gasteiger partial charge is 0.126 e. The second-order valence-corrected chi connectivity index (χ2v) is 2.53. The van der Waals surface area contributed by atoms with Crippen LogP contribution < -0.4 is 4.74 Å². The highest BCUT2D eigenvalue weighted by atomic mass is 16.5. The van der Waals surface area contributed by atoms with Crippen molar-refractivity contribution in [2.45, 2.75) is 6.92 Å². The van der Waals surface area contributed by atoms with Gasteiger partial charge in [-0.2, -0.15) is 0 Å². The molecule has 0 amide bonds. The van der Waals surface area contributed by atoms with E-state index < -0.39 is 0 Å². The molecular formula is C11H13O2. The third kappa shape index (κ3) is 2.10. The highest BCUT2D eigenvalue weighted by Crippen LogP contribution is 2.24. The summed E-state index contributed by atoms with van der Waals surface area (Å²) in [4.78, 5) is 0. The second kappa shape index (κ2) is 4.67. The predicted octanol–water partition coefficient (Wildman–Crippen LogP) is 2.61. The van der Waals surface area contributed by atoms with Gasteiger partial charge in [0.2, 0.25) is 0 Å². The summed E-state index contributed by atoms with van der Waals surface area (Å²) < 4.78 is 5.37. The van der Waals surface area contributed by atoms with Gasteiger partial charge in [-0.1, -0.05) is 24.8 Å². The van der Waals surface area contributed by atoms with Gasteiger partial charge in [-0.3, -0.25) is 0 Å². The quantitative estimate of drug-likeness (QED) is 0.766. The van der Waals surface area contributed by atoms with E-state index in [-0.39, 0.29) is 0 Å². The predicted molar refractivity (Wildman–Crippen MR) is 53.0 cm³/mol. The molecule has 0 aliphatic carbocycles. The monoisotopic (exact) mass is 177 g/mol. The zero-order valence-electron chi connectivity index (χ0n) is 7.66. The van der Waals surface area contributed by atoms with Gasteiger partial charge >= 0.3 is 0 Å². The Morgan fingerprint density at radius 2 is 2.31 bits per heavy atom. The van der Waals surface area contributed by atoms with Gasteiger partial charge in [0.05, 0.1) is 6.61 Å². The zero-order valence-corrected chi connectivity index (χ0v) is 7.66. The second-order valence-electron chi connectivity index (χ2n) is 2.53. The Kier molecular flexibility index (Phi) is 3.53. The summed E-state index contributed by atoms with van der Waals surface area (Å²) in [6.45, 7) is 7.25. The van der Waals surface area contributed by atoms with Gasteiger partial charge in [0.15, 0.2) is 0 Å². The molecule has 0 aliphatic heterocycles. The van der Waals surface area contributed by atoms with Crippen LogP contribution in [0.5, 0.6) is 5.75 Å². The van der Waals surface area contributed by atoms with Crippen molar-refractivity contribution in [3.8, 4) is 5.75 Å². The van der Waals surface area contributed by atoms with E-state index in [1.54, 1.807) is 12.1 Å². The van der Waals surface area contributed by atoms with E-state index in [2.05, 4.69) is 6.58 Å². The molecule has 2 nitrogen and oxygen atoms in total. The first-order chi connectivity index (χ1) is 6.33. The van der Waals surface area contributed by atoms with Crippen LogP contribution in [0.2, 0.25) is 0 Å².